The van der Waals surface area contributed by atoms with Gasteiger partial charge in [-0.3, -0.25) is 0 Å². The predicted molar refractivity (Wildman–Crippen MR) is 77.2 cm³/mol. The standard InChI is InChI=1S/C15H18N2O2/c1-2-7-17(8-9-18)15-14-6-4-3-5-13(14)12(11-19)10-16-15/h2-6,10,18-19H,1,7-9,11H2. The highest BCUT2D eigenvalue weighted by atomic mass is 16.3. The lowest BCUT2D eigenvalue weighted by Crippen LogP contribution is -2.27. The second-order valence-electron chi connectivity index (χ2n) is 4.27. The van der Waals surface area contributed by atoms with E-state index in [1.807, 2.05) is 29.2 Å². The first-order chi connectivity index (χ1) is 9.31. The van der Waals surface area contributed by atoms with Gasteiger partial charge in [0.05, 0.1) is 13.2 Å². The molecule has 100 valence electrons. The number of anilines is 1. The van der Waals surface area contributed by atoms with Gasteiger partial charge in [-0.15, -0.1) is 6.58 Å². The van der Waals surface area contributed by atoms with Crippen LogP contribution in [0, 0.1) is 0 Å². The van der Waals surface area contributed by atoms with E-state index in [2.05, 4.69) is 11.6 Å². The zero-order valence-electron chi connectivity index (χ0n) is 10.8. The third-order valence-corrected chi connectivity index (χ3v) is 3.05. The Labute approximate surface area is 112 Å². The highest BCUT2D eigenvalue weighted by molar-refractivity contribution is 5.94. The highest BCUT2D eigenvalue weighted by Crippen LogP contribution is 2.27. The molecular formula is C15H18N2O2. The van der Waals surface area contributed by atoms with Crippen LogP contribution in [0.15, 0.2) is 43.1 Å². The molecular weight excluding hydrogens is 240 g/mol. The van der Waals surface area contributed by atoms with Gasteiger partial charge in [-0.25, -0.2) is 4.98 Å². The first-order valence-corrected chi connectivity index (χ1v) is 6.26. The van der Waals surface area contributed by atoms with Gasteiger partial charge in [0.15, 0.2) is 0 Å². The molecule has 0 aliphatic rings. The Balaban J connectivity index is 2.56. The van der Waals surface area contributed by atoms with Gasteiger partial charge in [-0.2, -0.15) is 0 Å². The van der Waals surface area contributed by atoms with Crippen LogP contribution in [-0.4, -0.2) is 34.9 Å². The molecule has 1 aromatic carbocycles. The molecule has 2 rings (SSSR count). The minimum absolute atomic E-state index is 0.0325. The fourth-order valence-corrected chi connectivity index (χ4v) is 2.17. The molecule has 1 heterocycles. The topological polar surface area (TPSA) is 56.6 Å². The van der Waals surface area contributed by atoms with Crippen LogP contribution in [0.3, 0.4) is 0 Å². The van der Waals surface area contributed by atoms with Gasteiger partial charge in [0.25, 0.3) is 0 Å². The van der Waals surface area contributed by atoms with Crippen LogP contribution >= 0.6 is 0 Å². The zero-order valence-corrected chi connectivity index (χ0v) is 10.8. The van der Waals surface area contributed by atoms with Crippen molar-refractivity contribution in [3.8, 4) is 0 Å². The first-order valence-electron chi connectivity index (χ1n) is 6.26. The van der Waals surface area contributed by atoms with Gasteiger partial charge in [0.1, 0.15) is 5.82 Å². The molecule has 0 fully saturated rings. The van der Waals surface area contributed by atoms with E-state index < -0.39 is 0 Å². The van der Waals surface area contributed by atoms with E-state index in [-0.39, 0.29) is 13.2 Å². The molecule has 0 aliphatic heterocycles. The molecule has 0 spiro atoms. The molecule has 1 aromatic heterocycles. The van der Waals surface area contributed by atoms with Crippen molar-refractivity contribution in [2.75, 3.05) is 24.6 Å². The van der Waals surface area contributed by atoms with Crippen molar-refractivity contribution < 1.29 is 10.2 Å². The zero-order chi connectivity index (χ0) is 13.7. The number of nitrogens with zero attached hydrogens (tertiary/aromatic N) is 2. The van der Waals surface area contributed by atoms with Gasteiger partial charge < -0.3 is 15.1 Å². The Morgan fingerprint density at radius 2 is 1.95 bits per heavy atom. The molecule has 4 heteroatoms. The summed E-state index contributed by atoms with van der Waals surface area (Å²) >= 11 is 0. The smallest absolute Gasteiger partial charge is 0.136 e. The maximum Gasteiger partial charge on any atom is 0.136 e. The Bertz CT molecular complexity index is 569. The summed E-state index contributed by atoms with van der Waals surface area (Å²) in [5.74, 6) is 0.807. The maximum absolute atomic E-state index is 9.36. The van der Waals surface area contributed by atoms with E-state index in [0.29, 0.717) is 13.1 Å². The average Bonchev–Trinajstić information content (AvgIpc) is 2.46. The molecule has 19 heavy (non-hydrogen) atoms. The highest BCUT2D eigenvalue weighted by Gasteiger charge is 2.12. The van der Waals surface area contributed by atoms with Gasteiger partial charge in [-0.05, 0) is 5.39 Å². The van der Waals surface area contributed by atoms with Gasteiger partial charge in [0.2, 0.25) is 0 Å². The number of hydrogen-bond acceptors (Lipinski definition) is 4. The van der Waals surface area contributed by atoms with Crippen LogP contribution < -0.4 is 4.90 Å². The number of rotatable bonds is 6. The maximum atomic E-state index is 9.36. The second kappa shape index (κ2) is 6.31. The van der Waals surface area contributed by atoms with Crippen LogP contribution in [0.5, 0.6) is 0 Å². The summed E-state index contributed by atoms with van der Waals surface area (Å²) in [5.41, 5.74) is 0.807. The molecule has 0 saturated carbocycles. The molecule has 0 unspecified atom stereocenters. The van der Waals surface area contributed by atoms with E-state index in [4.69, 9.17) is 5.11 Å². The number of hydrogen-bond donors (Lipinski definition) is 2. The normalized spacial score (nSPS) is 10.6. The SMILES string of the molecule is C=CCN(CCO)c1ncc(CO)c2ccccc12. The van der Waals surface area contributed by atoms with Crippen molar-refractivity contribution >= 4 is 16.6 Å². The van der Waals surface area contributed by atoms with Crippen LogP contribution in [0.4, 0.5) is 5.82 Å². The van der Waals surface area contributed by atoms with E-state index in [9.17, 15) is 5.11 Å². The Kier molecular flexibility index (Phi) is 4.49. The summed E-state index contributed by atoms with van der Waals surface area (Å²) in [4.78, 5) is 6.39. The summed E-state index contributed by atoms with van der Waals surface area (Å²) in [6.45, 7) is 4.88. The van der Waals surface area contributed by atoms with Crippen LogP contribution in [-0.2, 0) is 6.61 Å². The fourth-order valence-electron chi connectivity index (χ4n) is 2.17. The molecule has 0 atom stereocenters. The Morgan fingerprint density at radius 1 is 1.21 bits per heavy atom. The lowest BCUT2D eigenvalue weighted by molar-refractivity contribution is 0.283. The fraction of sp³-hybridized carbons (Fsp3) is 0.267. The quantitative estimate of drug-likeness (QED) is 0.775. The number of pyridine rings is 1. The first kappa shape index (κ1) is 13.5. The molecule has 0 saturated heterocycles. The number of aliphatic hydroxyl groups excluding tert-OH is 2. The summed E-state index contributed by atoms with van der Waals surface area (Å²) in [6, 6.07) is 7.83. The number of benzene rings is 1. The summed E-state index contributed by atoms with van der Waals surface area (Å²) in [5, 5.41) is 20.5. The Morgan fingerprint density at radius 3 is 2.58 bits per heavy atom. The van der Waals surface area contributed by atoms with Gasteiger partial charge in [-0.1, -0.05) is 30.3 Å². The second-order valence-corrected chi connectivity index (χ2v) is 4.27. The predicted octanol–water partition coefficient (Wildman–Crippen LogP) is 1.71. The van der Waals surface area contributed by atoms with Crippen LogP contribution in [0.1, 0.15) is 5.56 Å². The lowest BCUT2D eigenvalue weighted by atomic mass is 10.1. The molecule has 4 nitrogen and oxygen atoms in total. The summed E-state index contributed by atoms with van der Waals surface area (Å²) in [6.07, 6.45) is 3.47. The van der Waals surface area contributed by atoms with Crippen LogP contribution in [0.25, 0.3) is 10.8 Å². The van der Waals surface area contributed by atoms with E-state index >= 15 is 0 Å². The van der Waals surface area contributed by atoms with Crippen molar-refractivity contribution in [3.05, 3.63) is 48.7 Å². The van der Waals surface area contributed by atoms with E-state index in [1.54, 1.807) is 12.3 Å². The van der Waals surface area contributed by atoms with Crippen molar-refractivity contribution in [2.24, 2.45) is 0 Å². The molecule has 0 aliphatic carbocycles. The largest absolute Gasteiger partial charge is 0.395 e. The van der Waals surface area contributed by atoms with E-state index in [0.717, 1.165) is 22.2 Å². The van der Waals surface area contributed by atoms with Crippen molar-refractivity contribution in [2.45, 2.75) is 6.61 Å². The third-order valence-electron chi connectivity index (χ3n) is 3.05. The number of fused-ring (bicyclic) bond motifs is 1. The average molecular weight is 258 g/mol. The van der Waals surface area contributed by atoms with Crippen molar-refractivity contribution in [1.82, 2.24) is 4.98 Å². The van der Waals surface area contributed by atoms with Gasteiger partial charge in [0, 0.05) is 30.2 Å². The number of aliphatic hydroxyl groups is 2. The van der Waals surface area contributed by atoms with Crippen molar-refractivity contribution in [3.63, 3.8) is 0 Å². The van der Waals surface area contributed by atoms with Crippen molar-refractivity contribution in [1.29, 1.82) is 0 Å². The minimum Gasteiger partial charge on any atom is -0.395 e. The monoisotopic (exact) mass is 258 g/mol. The molecule has 2 N–H and O–H groups in total. The molecule has 0 amide bonds. The molecule has 2 aromatic rings. The summed E-state index contributed by atoms with van der Waals surface area (Å²) in [7, 11) is 0. The molecule has 0 radical (unpaired) electrons. The lowest BCUT2D eigenvalue weighted by Gasteiger charge is -2.23. The summed E-state index contributed by atoms with van der Waals surface area (Å²) < 4.78 is 0. The number of aromatic nitrogens is 1. The third kappa shape index (κ3) is 2.75. The minimum atomic E-state index is -0.0325. The van der Waals surface area contributed by atoms with Crippen LogP contribution in [0.2, 0.25) is 0 Å². The van der Waals surface area contributed by atoms with E-state index in [1.165, 1.54) is 0 Å². The molecule has 0 bridgehead atoms. The van der Waals surface area contributed by atoms with Gasteiger partial charge >= 0.3 is 0 Å². The Hall–Kier alpha value is -1.91.